The molecular formula is C9H13NOS. The van der Waals surface area contributed by atoms with E-state index in [9.17, 15) is 4.79 Å². The molecule has 0 saturated carbocycles. The van der Waals surface area contributed by atoms with Crippen LogP contribution in [0.4, 0.5) is 0 Å². The molecule has 0 aliphatic heterocycles. The summed E-state index contributed by atoms with van der Waals surface area (Å²) < 4.78 is 1.64. The molecule has 0 aliphatic carbocycles. The summed E-state index contributed by atoms with van der Waals surface area (Å²) in [5.41, 5.74) is 1.31. The van der Waals surface area contributed by atoms with E-state index in [4.69, 9.17) is 0 Å². The summed E-state index contributed by atoms with van der Waals surface area (Å²) in [6.07, 6.45) is 4.79. The number of hydrogen-bond donors (Lipinski definition) is 0. The molecule has 12 heavy (non-hydrogen) atoms. The second-order valence-electron chi connectivity index (χ2n) is 2.69. The van der Waals surface area contributed by atoms with Crippen LogP contribution in [-0.2, 0) is 13.5 Å². The van der Waals surface area contributed by atoms with Crippen LogP contribution in [-0.4, -0.2) is 10.8 Å². The van der Waals surface area contributed by atoms with Gasteiger partial charge in [0, 0.05) is 13.2 Å². The first kappa shape index (κ1) is 9.39. The lowest BCUT2D eigenvalue weighted by Crippen LogP contribution is -2.18. The smallest absolute Gasteiger partial charge is 0.263 e. The number of pyridine rings is 1. The minimum atomic E-state index is 0.0969. The predicted molar refractivity (Wildman–Crippen MR) is 52.8 cm³/mol. The zero-order valence-electron chi connectivity index (χ0n) is 7.63. The van der Waals surface area contributed by atoms with Crippen LogP contribution >= 0.6 is 11.8 Å². The van der Waals surface area contributed by atoms with Crippen LogP contribution in [0.15, 0.2) is 22.0 Å². The van der Waals surface area contributed by atoms with Gasteiger partial charge in [-0.3, -0.25) is 4.79 Å². The Morgan fingerprint density at radius 1 is 1.58 bits per heavy atom. The highest BCUT2D eigenvalue weighted by Crippen LogP contribution is 2.10. The summed E-state index contributed by atoms with van der Waals surface area (Å²) >= 11 is 1.51. The molecule has 2 nitrogen and oxygen atoms in total. The van der Waals surface area contributed by atoms with Crippen molar-refractivity contribution in [3.8, 4) is 0 Å². The first-order chi connectivity index (χ1) is 5.69. The molecule has 3 heteroatoms. The van der Waals surface area contributed by atoms with Gasteiger partial charge in [-0.25, -0.2) is 0 Å². The molecule has 0 N–H and O–H groups in total. The lowest BCUT2D eigenvalue weighted by Gasteiger charge is -2.03. The average molecular weight is 183 g/mol. The Balaban J connectivity index is 3.29. The molecule has 66 valence electrons. The maximum atomic E-state index is 11.4. The number of nitrogens with zero attached hydrogens (tertiary/aromatic N) is 1. The van der Waals surface area contributed by atoms with Crippen LogP contribution in [0.5, 0.6) is 0 Å². The fourth-order valence-corrected chi connectivity index (χ4v) is 1.68. The van der Waals surface area contributed by atoms with E-state index in [-0.39, 0.29) is 5.56 Å². The maximum absolute atomic E-state index is 11.4. The molecule has 0 unspecified atom stereocenters. The fourth-order valence-electron chi connectivity index (χ4n) is 1.09. The van der Waals surface area contributed by atoms with Crippen LogP contribution in [0.2, 0.25) is 0 Å². The first-order valence-electron chi connectivity index (χ1n) is 3.92. The highest BCUT2D eigenvalue weighted by Gasteiger charge is 2.01. The van der Waals surface area contributed by atoms with E-state index in [2.05, 4.69) is 6.92 Å². The molecule has 0 spiro atoms. The Morgan fingerprint density at radius 2 is 2.25 bits per heavy atom. The van der Waals surface area contributed by atoms with Gasteiger partial charge in [-0.05, 0) is 24.3 Å². The minimum absolute atomic E-state index is 0.0969. The Labute approximate surface area is 76.6 Å². The zero-order valence-corrected chi connectivity index (χ0v) is 8.44. The summed E-state index contributed by atoms with van der Waals surface area (Å²) in [5, 5.41) is 0. The molecule has 0 atom stereocenters. The lowest BCUT2D eigenvalue weighted by atomic mass is 10.2. The summed E-state index contributed by atoms with van der Waals surface area (Å²) in [6, 6.07) is 1.97. The summed E-state index contributed by atoms with van der Waals surface area (Å²) in [7, 11) is 1.79. The third-order valence-electron chi connectivity index (χ3n) is 1.84. The molecule has 1 aromatic rings. The standard InChI is InChI=1S/C9H13NOS/c1-4-7-5-8(12-3)9(11)10(2)6-7/h5-6H,4H2,1-3H3. The molecule has 0 bridgehead atoms. The highest BCUT2D eigenvalue weighted by atomic mass is 32.2. The quantitative estimate of drug-likeness (QED) is 0.651. The highest BCUT2D eigenvalue weighted by molar-refractivity contribution is 7.98. The number of rotatable bonds is 2. The van der Waals surface area contributed by atoms with Crippen molar-refractivity contribution in [3.63, 3.8) is 0 Å². The van der Waals surface area contributed by atoms with Gasteiger partial charge in [0.25, 0.3) is 5.56 Å². The van der Waals surface area contributed by atoms with Gasteiger partial charge in [-0.1, -0.05) is 6.92 Å². The molecule has 0 saturated heterocycles. The van der Waals surface area contributed by atoms with Crippen LogP contribution in [0, 0.1) is 0 Å². The van der Waals surface area contributed by atoms with Crippen molar-refractivity contribution in [3.05, 3.63) is 28.2 Å². The summed E-state index contributed by atoms with van der Waals surface area (Å²) in [5.74, 6) is 0. The van der Waals surface area contributed by atoms with Crippen LogP contribution in [0.25, 0.3) is 0 Å². The van der Waals surface area contributed by atoms with Crippen molar-refractivity contribution in [1.29, 1.82) is 0 Å². The summed E-state index contributed by atoms with van der Waals surface area (Å²) in [4.78, 5) is 12.2. The van der Waals surface area contributed by atoms with Crippen LogP contribution < -0.4 is 5.56 Å². The number of aromatic nitrogens is 1. The van der Waals surface area contributed by atoms with E-state index in [1.807, 2.05) is 18.5 Å². The number of thioether (sulfide) groups is 1. The van der Waals surface area contributed by atoms with E-state index < -0.39 is 0 Å². The molecule has 0 radical (unpaired) electrons. The molecule has 1 rings (SSSR count). The third kappa shape index (κ3) is 1.72. The number of aryl methyl sites for hydroxylation is 2. The first-order valence-corrected chi connectivity index (χ1v) is 5.15. The molecule has 0 amide bonds. The Hall–Kier alpha value is -0.700. The van der Waals surface area contributed by atoms with Crippen LogP contribution in [0.3, 0.4) is 0 Å². The van der Waals surface area contributed by atoms with E-state index in [0.717, 1.165) is 11.3 Å². The zero-order chi connectivity index (χ0) is 9.14. The normalized spacial score (nSPS) is 10.2. The van der Waals surface area contributed by atoms with Crippen molar-refractivity contribution in [2.75, 3.05) is 6.26 Å². The van der Waals surface area contributed by atoms with E-state index in [1.165, 1.54) is 17.3 Å². The van der Waals surface area contributed by atoms with Gasteiger partial charge in [0.1, 0.15) is 0 Å². The Kier molecular flexibility index (Phi) is 2.98. The van der Waals surface area contributed by atoms with Crippen LogP contribution in [0.1, 0.15) is 12.5 Å². The maximum Gasteiger partial charge on any atom is 0.263 e. The second kappa shape index (κ2) is 3.81. The Bertz CT molecular complexity index is 330. The monoisotopic (exact) mass is 183 g/mol. The minimum Gasteiger partial charge on any atom is -0.317 e. The van der Waals surface area contributed by atoms with Crippen molar-refractivity contribution in [1.82, 2.24) is 4.57 Å². The summed E-state index contributed by atoms with van der Waals surface area (Å²) in [6.45, 7) is 2.09. The fraction of sp³-hybridized carbons (Fsp3) is 0.444. The van der Waals surface area contributed by atoms with E-state index >= 15 is 0 Å². The average Bonchev–Trinajstić information content (AvgIpc) is 2.09. The van der Waals surface area contributed by atoms with Gasteiger partial charge in [0.2, 0.25) is 0 Å². The van der Waals surface area contributed by atoms with Gasteiger partial charge in [0.15, 0.2) is 0 Å². The second-order valence-corrected chi connectivity index (χ2v) is 3.53. The molecule has 0 fully saturated rings. The molecule has 1 heterocycles. The van der Waals surface area contributed by atoms with E-state index in [0.29, 0.717) is 0 Å². The van der Waals surface area contributed by atoms with Gasteiger partial charge in [0.05, 0.1) is 4.90 Å². The van der Waals surface area contributed by atoms with E-state index in [1.54, 1.807) is 11.6 Å². The number of hydrogen-bond acceptors (Lipinski definition) is 2. The predicted octanol–water partition coefficient (Wildman–Crippen LogP) is 1.67. The largest absolute Gasteiger partial charge is 0.317 e. The molecule has 0 aliphatic rings. The molecule has 0 aromatic carbocycles. The molecule has 1 aromatic heterocycles. The lowest BCUT2D eigenvalue weighted by molar-refractivity contribution is 0.814. The van der Waals surface area contributed by atoms with Gasteiger partial charge >= 0.3 is 0 Å². The van der Waals surface area contributed by atoms with Crippen molar-refractivity contribution in [2.45, 2.75) is 18.2 Å². The van der Waals surface area contributed by atoms with Gasteiger partial charge < -0.3 is 4.57 Å². The van der Waals surface area contributed by atoms with Gasteiger partial charge in [-0.15, -0.1) is 11.8 Å². The SMILES string of the molecule is CCc1cc(SC)c(=O)n(C)c1. The van der Waals surface area contributed by atoms with Crippen molar-refractivity contribution in [2.24, 2.45) is 7.05 Å². The third-order valence-corrected chi connectivity index (χ3v) is 2.57. The van der Waals surface area contributed by atoms with Crippen molar-refractivity contribution < 1.29 is 0 Å². The van der Waals surface area contributed by atoms with Gasteiger partial charge in [-0.2, -0.15) is 0 Å². The topological polar surface area (TPSA) is 22.0 Å². The van der Waals surface area contributed by atoms with Crippen molar-refractivity contribution >= 4 is 11.8 Å². The molecular weight excluding hydrogens is 170 g/mol. The Morgan fingerprint density at radius 3 is 2.75 bits per heavy atom.